The van der Waals surface area contributed by atoms with Crippen LogP contribution in [0.2, 0.25) is 0 Å². The van der Waals surface area contributed by atoms with Crippen molar-refractivity contribution in [3.63, 3.8) is 0 Å². The molecule has 2 rings (SSSR count). The van der Waals surface area contributed by atoms with Crippen molar-refractivity contribution >= 4 is 11.8 Å². The van der Waals surface area contributed by atoms with Crippen molar-refractivity contribution < 1.29 is 9.57 Å². The minimum absolute atomic E-state index is 0.295. The number of nitrogens with two attached hydrogens (primary N) is 1. The van der Waals surface area contributed by atoms with Gasteiger partial charge in [0.2, 0.25) is 0 Å². The molecule has 2 aromatic rings. The molecule has 0 atom stereocenters. The highest BCUT2D eigenvalue weighted by Crippen LogP contribution is 2.30. The molecule has 0 amide bonds. The van der Waals surface area contributed by atoms with E-state index in [0.29, 0.717) is 23.4 Å². The van der Waals surface area contributed by atoms with E-state index in [1.807, 2.05) is 18.2 Å². The van der Waals surface area contributed by atoms with Crippen LogP contribution in [0.5, 0.6) is 11.5 Å². The van der Waals surface area contributed by atoms with Crippen molar-refractivity contribution in [1.29, 1.82) is 0 Å². The molecule has 0 unspecified atom stereocenters. The number of methoxy groups -OCH3 is 1. The van der Waals surface area contributed by atoms with Crippen LogP contribution in [0, 0.1) is 0 Å². The molecule has 6 heteroatoms. The summed E-state index contributed by atoms with van der Waals surface area (Å²) in [5.74, 6) is 2.48. The van der Waals surface area contributed by atoms with E-state index in [9.17, 15) is 0 Å². The van der Waals surface area contributed by atoms with Crippen molar-refractivity contribution in [3.8, 4) is 11.5 Å². The van der Waals surface area contributed by atoms with E-state index in [0.717, 1.165) is 11.3 Å². The molecule has 0 aliphatic heterocycles. The number of ether oxygens (including phenoxy) is 1. The first kappa shape index (κ1) is 13.9. The molecule has 0 radical (unpaired) electrons. The van der Waals surface area contributed by atoms with Crippen LogP contribution in [-0.2, 0) is 0 Å². The number of nitrogen functional groups attached to an aromatic ring is 1. The molecule has 106 valence electrons. The van der Waals surface area contributed by atoms with E-state index in [1.165, 1.54) is 0 Å². The summed E-state index contributed by atoms with van der Waals surface area (Å²) in [5, 5.41) is 0. The van der Waals surface area contributed by atoms with Gasteiger partial charge in [0.15, 0.2) is 5.75 Å². The molecule has 0 bridgehead atoms. The van der Waals surface area contributed by atoms with Gasteiger partial charge in [0.25, 0.3) is 5.95 Å². The van der Waals surface area contributed by atoms with Crippen molar-refractivity contribution in [2.45, 2.75) is 19.8 Å². The Morgan fingerprint density at radius 1 is 1.25 bits per heavy atom. The van der Waals surface area contributed by atoms with Gasteiger partial charge in [-0.05, 0) is 30.2 Å². The lowest BCUT2D eigenvalue weighted by Gasteiger charge is -2.14. The maximum absolute atomic E-state index is 5.58. The number of nitrogens with zero attached hydrogens (tertiary/aromatic N) is 2. The van der Waals surface area contributed by atoms with E-state index in [4.69, 9.17) is 15.3 Å². The van der Waals surface area contributed by atoms with Crippen LogP contribution in [0.15, 0.2) is 30.5 Å². The van der Waals surface area contributed by atoms with Crippen LogP contribution < -0.4 is 20.8 Å². The van der Waals surface area contributed by atoms with Gasteiger partial charge in [-0.3, -0.25) is 0 Å². The number of rotatable bonds is 5. The zero-order valence-electron chi connectivity index (χ0n) is 11.8. The zero-order valence-corrected chi connectivity index (χ0v) is 11.8. The Labute approximate surface area is 117 Å². The molecule has 6 nitrogen and oxygen atoms in total. The van der Waals surface area contributed by atoms with Gasteiger partial charge in [-0.25, -0.2) is 4.98 Å². The van der Waals surface area contributed by atoms with E-state index in [-0.39, 0.29) is 0 Å². The fourth-order valence-electron chi connectivity index (χ4n) is 1.72. The predicted molar refractivity (Wildman–Crippen MR) is 77.8 cm³/mol. The summed E-state index contributed by atoms with van der Waals surface area (Å²) in [5.41, 5.74) is 9.30. The fraction of sp³-hybridized carbons (Fsp3) is 0.286. The van der Waals surface area contributed by atoms with Gasteiger partial charge in [0.05, 0.1) is 7.11 Å². The van der Waals surface area contributed by atoms with E-state index in [1.54, 1.807) is 19.4 Å². The van der Waals surface area contributed by atoms with Crippen LogP contribution in [-0.4, -0.2) is 17.1 Å². The molecule has 0 aliphatic rings. The maximum Gasteiger partial charge on any atom is 0.258 e. The van der Waals surface area contributed by atoms with Crippen LogP contribution in [0.1, 0.15) is 25.3 Å². The molecular weight excluding hydrogens is 256 g/mol. The van der Waals surface area contributed by atoms with Crippen molar-refractivity contribution in [3.05, 3.63) is 36.0 Å². The zero-order chi connectivity index (χ0) is 14.5. The SMILES string of the molecule is COc1ccc(ONc2nccc(N)n2)c(C(C)C)c1. The standard InChI is InChI=1S/C14H18N4O2/c1-9(2)11-8-10(19-3)4-5-12(11)20-18-14-16-7-6-13(15)17-14/h4-9H,1-3H3,(H3,15,16,17,18). The van der Waals surface area contributed by atoms with Gasteiger partial charge in [-0.15, -0.1) is 0 Å². The third-order valence-corrected chi connectivity index (χ3v) is 2.77. The second-order valence-electron chi connectivity index (χ2n) is 4.57. The van der Waals surface area contributed by atoms with Crippen molar-refractivity contribution in [2.24, 2.45) is 0 Å². The largest absolute Gasteiger partial charge is 0.497 e. The van der Waals surface area contributed by atoms with Gasteiger partial charge in [-0.1, -0.05) is 13.8 Å². The Balaban J connectivity index is 2.16. The normalized spacial score (nSPS) is 10.4. The van der Waals surface area contributed by atoms with Crippen LogP contribution in [0.4, 0.5) is 11.8 Å². The second kappa shape index (κ2) is 6.10. The summed E-state index contributed by atoms with van der Waals surface area (Å²) in [4.78, 5) is 13.6. The molecule has 0 saturated carbocycles. The monoisotopic (exact) mass is 274 g/mol. The lowest BCUT2D eigenvalue weighted by Crippen LogP contribution is -2.10. The second-order valence-corrected chi connectivity index (χ2v) is 4.57. The predicted octanol–water partition coefficient (Wildman–Crippen LogP) is 2.60. The van der Waals surface area contributed by atoms with Gasteiger partial charge in [-0.2, -0.15) is 10.5 Å². The Kier molecular flexibility index (Phi) is 4.24. The lowest BCUT2D eigenvalue weighted by molar-refractivity contribution is 0.386. The summed E-state index contributed by atoms with van der Waals surface area (Å²) in [6.45, 7) is 4.16. The van der Waals surface area contributed by atoms with Crippen LogP contribution >= 0.6 is 0 Å². The van der Waals surface area contributed by atoms with Crippen LogP contribution in [0.25, 0.3) is 0 Å². The summed E-state index contributed by atoms with van der Waals surface area (Å²) in [6, 6.07) is 7.23. The van der Waals surface area contributed by atoms with Gasteiger partial charge in [0, 0.05) is 11.8 Å². The highest BCUT2D eigenvalue weighted by Gasteiger charge is 2.10. The summed E-state index contributed by atoms with van der Waals surface area (Å²) >= 11 is 0. The third kappa shape index (κ3) is 3.28. The Morgan fingerprint density at radius 2 is 2.05 bits per heavy atom. The minimum atomic E-state index is 0.295. The molecular formula is C14H18N4O2. The lowest BCUT2D eigenvalue weighted by atomic mass is 10.0. The molecule has 0 saturated heterocycles. The number of hydrogen-bond donors (Lipinski definition) is 2. The average Bonchev–Trinajstić information content (AvgIpc) is 2.45. The Hall–Kier alpha value is -2.50. The third-order valence-electron chi connectivity index (χ3n) is 2.77. The fourth-order valence-corrected chi connectivity index (χ4v) is 1.72. The van der Waals surface area contributed by atoms with Crippen LogP contribution in [0.3, 0.4) is 0 Å². The molecule has 0 spiro atoms. The molecule has 1 aromatic heterocycles. The molecule has 0 fully saturated rings. The topological polar surface area (TPSA) is 82.3 Å². The quantitative estimate of drug-likeness (QED) is 0.815. The number of aromatic nitrogens is 2. The highest BCUT2D eigenvalue weighted by atomic mass is 16.6. The Bertz CT molecular complexity index is 587. The summed E-state index contributed by atoms with van der Waals surface area (Å²) in [6.07, 6.45) is 1.56. The minimum Gasteiger partial charge on any atom is -0.497 e. The van der Waals surface area contributed by atoms with Gasteiger partial charge in [0.1, 0.15) is 11.6 Å². The highest BCUT2D eigenvalue weighted by molar-refractivity contribution is 5.43. The molecule has 3 N–H and O–H groups in total. The Morgan fingerprint density at radius 3 is 2.70 bits per heavy atom. The summed E-state index contributed by atoms with van der Waals surface area (Å²) in [7, 11) is 1.64. The molecule has 20 heavy (non-hydrogen) atoms. The number of anilines is 2. The smallest absolute Gasteiger partial charge is 0.258 e. The number of benzene rings is 1. The summed E-state index contributed by atoms with van der Waals surface area (Å²) < 4.78 is 5.22. The maximum atomic E-state index is 5.58. The average molecular weight is 274 g/mol. The van der Waals surface area contributed by atoms with Crippen molar-refractivity contribution in [1.82, 2.24) is 9.97 Å². The van der Waals surface area contributed by atoms with Gasteiger partial charge >= 0.3 is 0 Å². The number of nitrogens with one attached hydrogen (secondary N) is 1. The molecule has 1 heterocycles. The first-order chi connectivity index (χ1) is 9.60. The first-order valence-electron chi connectivity index (χ1n) is 6.29. The van der Waals surface area contributed by atoms with E-state index in [2.05, 4.69) is 29.3 Å². The molecule has 1 aromatic carbocycles. The van der Waals surface area contributed by atoms with E-state index < -0.39 is 0 Å². The van der Waals surface area contributed by atoms with E-state index >= 15 is 0 Å². The first-order valence-corrected chi connectivity index (χ1v) is 6.29. The van der Waals surface area contributed by atoms with Crippen molar-refractivity contribution in [2.75, 3.05) is 18.3 Å². The van der Waals surface area contributed by atoms with Gasteiger partial charge < -0.3 is 15.3 Å². The molecule has 0 aliphatic carbocycles. The number of hydrogen-bond acceptors (Lipinski definition) is 6.